The largest absolute Gasteiger partial charge is 0.356 e. The van der Waals surface area contributed by atoms with Crippen LogP contribution in [0.3, 0.4) is 0 Å². The second-order valence-electron chi connectivity index (χ2n) is 5.81. The van der Waals surface area contributed by atoms with Crippen LogP contribution in [0.15, 0.2) is 46.1 Å². The monoisotopic (exact) mass is 447 g/mol. The molecule has 2 aromatic rings. The highest BCUT2D eigenvalue weighted by molar-refractivity contribution is 14.0. The second-order valence-corrected chi connectivity index (χ2v) is 6.59. The third-order valence-corrected chi connectivity index (χ3v) is 4.30. The third-order valence-electron chi connectivity index (χ3n) is 3.57. The van der Waals surface area contributed by atoms with Crippen molar-refractivity contribution in [2.24, 2.45) is 4.99 Å². The number of aliphatic imine (C=N–C) groups is 1. The molecule has 0 spiro atoms. The van der Waals surface area contributed by atoms with Gasteiger partial charge in [0.25, 0.3) is 0 Å². The van der Waals surface area contributed by atoms with E-state index in [1.807, 2.05) is 6.07 Å². The highest BCUT2D eigenvalue weighted by atomic mass is 127. The van der Waals surface area contributed by atoms with Crippen molar-refractivity contribution in [3.05, 3.63) is 58.0 Å². The number of rotatable bonds is 5. The highest BCUT2D eigenvalue weighted by Crippen LogP contribution is 2.22. The predicted molar refractivity (Wildman–Crippen MR) is 107 cm³/mol. The van der Waals surface area contributed by atoms with Crippen LogP contribution in [0.2, 0.25) is 0 Å². The SMILES string of the molecule is CN=C(NCc1ccsc1)NCC(C)(C)c1cccc(F)c1.I. The third kappa shape index (κ3) is 6.10. The summed E-state index contributed by atoms with van der Waals surface area (Å²) in [6, 6.07) is 8.83. The summed E-state index contributed by atoms with van der Waals surface area (Å²) in [6.45, 7) is 5.57. The van der Waals surface area contributed by atoms with Crippen LogP contribution in [0.1, 0.15) is 25.0 Å². The van der Waals surface area contributed by atoms with Gasteiger partial charge >= 0.3 is 0 Å². The number of hydrogen-bond acceptors (Lipinski definition) is 2. The zero-order chi connectivity index (χ0) is 16.0. The average Bonchev–Trinajstić information content (AvgIpc) is 3.01. The molecule has 0 radical (unpaired) electrons. The molecular formula is C17H23FIN3S. The topological polar surface area (TPSA) is 36.4 Å². The van der Waals surface area contributed by atoms with E-state index >= 15 is 0 Å². The molecule has 1 aromatic heterocycles. The van der Waals surface area contributed by atoms with Crippen LogP contribution in [-0.4, -0.2) is 19.6 Å². The Bertz CT molecular complexity index is 627. The molecule has 0 aliphatic heterocycles. The minimum Gasteiger partial charge on any atom is -0.356 e. The zero-order valence-corrected chi connectivity index (χ0v) is 16.7. The maximum Gasteiger partial charge on any atom is 0.191 e. The fraction of sp³-hybridized carbons (Fsp3) is 0.353. The number of guanidine groups is 1. The van der Waals surface area contributed by atoms with Crippen LogP contribution in [0.25, 0.3) is 0 Å². The summed E-state index contributed by atoms with van der Waals surface area (Å²) >= 11 is 1.68. The smallest absolute Gasteiger partial charge is 0.191 e. The Morgan fingerprint density at radius 3 is 2.65 bits per heavy atom. The molecule has 3 nitrogen and oxygen atoms in total. The van der Waals surface area contributed by atoms with E-state index in [2.05, 4.69) is 46.3 Å². The second kappa shape index (κ2) is 9.22. The molecule has 0 fully saturated rings. The van der Waals surface area contributed by atoms with Gasteiger partial charge in [-0.1, -0.05) is 26.0 Å². The van der Waals surface area contributed by atoms with Gasteiger partial charge in [-0.3, -0.25) is 4.99 Å². The fourth-order valence-corrected chi connectivity index (χ4v) is 2.78. The lowest BCUT2D eigenvalue weighted by Crippen LogP contribution is -2.43. The Hall–Kier alpha value is -1.15. The summed E-state index contributed by atoms with van der Waals surface area (Å²) < 4.78 is 13.4. The van der Waals surface area contributed by atoms with Crippen molar-refractivity contribution < 1.29 is 4.39 Å². The zero-order valence-electron chi connectivity index (χ0n) is 13.6. The van der Waals surface area contributed by atoms with Crippen molar-refractivity contribution in [3.63, 3.8) is 0 Å². The summed E-state index contributed by atoms with van der Waals surface area (Å²) in [6.07, 6.45) is 0. The van der Waals surface area contributed by atoms with Gasteiger partial charge in [-0.25, -0.2) is 4.39 Å². The maximum absolute atomic E-state index is 13.4. The molecule has 0 amide bonds. The lowest BCUT2D eigenvalue weighted by Gasteiger charge is -2.26. The fourth-order valence-electron chi connectivity index (χ4n) is 2.12. The normalized spacial score (nSPS) is 11.7. The maximum atomic E-state index is 13.4. The van der Waals surface area contributed by atoms with Gasteiger partial charge in [0, 0.05) is 25.6 Å². The number of nitrogens with one attached hydrogen (secondary N) is 2. The first-order chi connectivity index (χ1) is 10.5. The van der Waals surface area contributed by atoms with Crippen LogP contribution < -0.4 is 10.6 Å². The molecule has 6 heteroatoms. The first-order valence-corrected chi connectivity index (χ1v) is 8.17. The molecule has 1 heterocycles. The van der Waals surface area contributed by atoms with E-state index in [1.165, 1.54) is 11.6 Å². The Kier molecular flexibility index (Phi) is 7.98. The van der Waals surface area contributed by atoms with E-state index in [4.69, 9.17) is 0 Å². The van der Waals surface area contributed by atoms with Gasteiger partial charge in [-0.2, -0.15) is 11.3 Å². The van der Waals surface area contributed by atoms with Gasteiger partial charge in [0.15, 0.2) is 5.96 Å². The molecule has 0 bridgehead atoms. The summed E-state index contributed by atoms with van der Waals surface area (Å²) in [5.74, 6) is 0.543. The van der Waals surface area contributed by atoms with Crippen molar-refractivity contribution >= 4 is 41.3 Å². The number of thiophene rings is 1. The summed E-state index contributed by atoms with van der Waals surface area (Å²) in [5, 5.41) is 10.8. The van der Waals surface area contributed by atoms with Crippen molar-refractivity contribution in [1.29, 1.82) is 0 Å². The molecule has 2 rings (SSSR count). The van der Waals surface area contributed by atoms with Crippen LogP contribution in [-0.2, 0) is 12.0 Å². The number of hydrogen-bond donors (Lipinski definition) is 2. The Morgan fingerprint density at radius 1 is 1.26 bits per heavy atom. The van der Waals surface area contributed by atoms with E-state index in [0.717, 1.165) is 18.1 Å². The van der Waals surface area contributed by atoms with Gasteiger partial charge in [0.05, 0.1) is 0 Å². The number of halogens is 2. The minimum absolute atomic E-state index is 0. The quantitative estimate of drug-likeness (QED) is 0.411. The molecule has 0 atom stereocenters. The molecule has 2 N–H and O–H groups in total. The van der Waals surface area contributed by atoms with Crippen LogP contribution in [0, 0.1) is 5.82 Å². The first-order valence-electron chi connectivity index (χ1n) is 7.23. The molecule has 0 saturated heterocycles. The van der Waals surface area contributed by atoms with Crippen molar-refractivity contribution in [1.82, 2.24) is 10.6 Å². The van der Waals surface area contributed by atoms with Gasteiger partial charge in [-0.15, -0.1) is 24.0 Å². The average molecular weight is 447 g/mol. The minimum atomic E-state index is -0.203. The van der Waals surface area contributed by atoms with Crippen molar-refractivity contribution in [2.45, 2.75) is 25.8 Å². The molecule has 0 aliphatic rings. The molecule has 0 unspecified atom stereocenters. The highest BCUT2D eigenvalue weighted by Gasteiger charge is 2.21. The molecular weight excluding hydrogens is 424 g/mol. The van der Waals surface area contributed by atoms with E-state index < -0.39 is 0 Å². The van der Waals surface area contributed by atoms with Gasteiger partial charge < -0.3 is 10.6 Å². The van der Waals surface area contributed by atoms with Gasteiger partial charge in [-0.05, 0) is 40.1 Å². The van der Waals surface area contributed by atoms with Crippen molar-refractivity contribution in [2.75, 3.05) is 13.6 Å². The summed E-state index contributed by atoms with van der Waals surface area (Å²) in [5.41, 5.74) is 2.01. The Morgan fingerprint density at radius 2 is 2.04 bits per heavy atom. The van der Waals surface area contributed by atoms with Gasteiger partial charge in [0.2, 0.25) is 0 Å². The first kappa shape index (κ1) is 19.9. The predicted octanol–water partition coefficient (Wildman–Crippen LogP) is 4.15. The van der Waals surface area contributed by atoms with Crippen LogP contribution in [0.5, 0.6) is 0 Å². The molecule has 0 saturated carbocycles. The molecule has 23 heavy (non-hydrogen) atoms. The Balaban J connectivity index is 0.00000264. The van der Waals surface area contributed by atoms with Gasteiger partial charge in [0.1, 0.15) is 5.82 Å². The van der Waals surface area contributed by atoms with Crippen LogP contribution >= 0.6 is 35.3 Å². The van der Waals surface area contributed by atoms with Crippen molar-refractivity contribution in [3.8, 4) is 0 Å². The van der Waals surface area contributed by atoms with E-state index in [9.17, 15) is 4.39 Å². The molecule has 1 aromatic carbocycles. The summed E-state index contributed by atoms with van der Waals surface area (Å²) in [4.78, 5) is 4.23. The Labute approximate surface area is 158 Å². The van der Waals surface area contributed by atoms with E-state index in [-0.39, 0.29) is 35.2 Å². The lowest BCUT2D eigenvalue weighted by molar-refractivity contribution is 0.503. The van der Waals surface area contributed by atoms with E-state index in [0.29, 0.717) is 6.54 Å². The molecule has 126 valence electrons. The summed E-state index contributed by atoms with van der Waals surface area (Å²) in [7, 11) is 1.75. The van der Waals surface area contributed by atoms with Crippen LogP contribution in [0.4, 0.5) is 4.39 Å². The number of benzene rings is 1. The van der Waals surface area contributed by atoms with E-state index in [1.54, 1.807) is 30.5 Å². The standard InChI is InChI=1S/C17H22FN3S.HI/c1-17(2,14-5-4-6-15(18)9-14)12-21-16(19-3)20-10-13-7-8-22-11-13;/h4-9,11H,10,12H2,1-3H3,(H2,19,20,21);1H. The number of nitrogens with zero attached hydrogens (tertiary/aromatic N) is 1. The lowest BCUT2D eigenvalue weighted by atomic mass is 9.84. The molecule has 0 aliphatic carbocycles.